The van der Waals surface area contributed by atoms with E-state index < -0.39 is 11.5 Å². The maximum Gasteiger partial charge on any atom is 0.263 e. The lowest BCUT2D eigenvalue weighted by atomic mass is 10.0. The second-order valence-corrected chi connectivity index (χ2v) is 5.80. The van der Waals surface area contributed by atoms with Crippen molar-refractivity contribution in [3.8, 4) is 16.9 Å². The van der Waals surface area contributed by atoms with Crippen molar-refractivity contribution in [3.05, 3.63) is 52.6 Å². The number of methoxy groups -OCH3 is 1. The van der Waals surface area contributed by atoms with Crippen molar-refractivity contribution in [3.63, 3.8) is 0 Å². The number of nitrogens with one attached hydrogen (secondary N) is 2. The Hall–Kier alpha value is -3.35. The predicted octanol–water partition coefficient (Wildman–Crippen LogP) is 2.32. The highest BCUT2D eigenvalue weighted by Gasteiger charge is 2.19. The van der Waals surface area contributed by atoms with Gasteiger partial charge in [0.1, 0.15) is 11.3 Å². The zero-order valence-corrected chi connectivity index (χ0v) is 14.6. The van der Waals surface area contributed by atoms with Gasteiger partial charge in [-0.25, -0.2) is 0 Å². The number of anilines is 1. The molecule has 7 heteroatoms. The SMILES string of the molecule is CCCNC(=O)c1c(N)c2cccc(-c3cnccc3OC)c2[nH]c1=O. The number of carbonyl (C=O) groups excluding carboxylic acids is 1. The minimum Gasteiger partial charge on any atom is -0.496 e. The van der Waals surface area contributed by atoms with E-state index in [0.717, 1.165) is 17.5 Å². The highest BCUT2D eigenvalue weighted by molar-refractivity contribution is 6.09. The zero-order valence-electron chi connectivity index (χ0n) is 14.6. The molecule has 1 aromatic carbocycles. The molecule has 2 heterocycles. The third kappa shape index (κ3) is 2.99. The zero-order chi connectivity index (χ0) is 18.7. The van der Waals surface area contributed by atoms with Crippen LogP contribution in [-0.2, 0) is 0 Å². The van der Waals surface area contributed by atoms with Gasteiger partial charge in [0.15, 0.2) is 0 Å². The Morgan fingerprint density at radius 2 is 2.12 bits per heavy atom. The van der Waals surface area contributed by atoms with Crippen LogP contribution < -0.4 is 21.3 Å². The summed E-state index contributed by atoms with van der Waals surface area (Å²) in [7, 11) is 1.57. The maximum absolute atomic E-state index is 12.6. The molecule has 134 valence electrons. The van der Waals surface area contributed by atoms with E-state index in [1.54, 1.807) is 31.6 Å². The fourth-order valence-electron chi connectivity index (χ4n) is 2.88. The molecule has 26 heavy (non-hydrogen) atoms. The molecular formula is C19H20N4O3. The molecule has 0 spiro atoms. The summed E-state index contributed by atoms with van der Waals surface area (Å²) < 4.78 is 5.39. The van der Waals surface area contributed by atoms with Crippen molar-refractivity contribution >= 4 is 22.5 Å². The first kappa shape index (κ1) is 17.5. The van der Waals surface area contributed by atoms with Crippen LogP contribution in [0.4, 0.5) is 5.69 Å². The van der Waals surface area contributed by atoms with Crippen LogP contribution in [0.15, 0.2) is 41.5 Å². The van der Waals surface area contributed by atoms with Crippen LogP contribution in [0, 0.1) is 0 Å². The molecule has 0 aliphatic rings. The van der Waals surface area contributed by atoms with E-state index >= 15 is 0 Å². The predicted molar refractivity (Wildman–Crippen MR) is 101 cm³/mol. The van der Waals surface area contributed by atoms with Crippen LogP contribution in [-0.4, -0.2) is 29.5 Å². The Kier molecular flexibility index (Phi) is 4.88. The molecule has 0 fully saturated rings. The number of aromatic amines is 1. The largest absolute Gasteiger partial charge is 0.496 e. The van der Waals surface area contributed by atoms with Crippen molar-refractivity contribution in [1.29, 1.82) is 0 Å². The summed E-state index contributed by atoms with van der Waals surface area (Å²) in [6.45, 7) is 2.41. The number of nitrogens with two attached hydrogens (primary N) is 1. The lowest BCUT2D eigenvalue weighted by molar-refractivity contribution is 0.0953. The van der Waals surface area contributed by atoms with Crippen LogP contribution in [0.1, 0.15) is 23.7 Å². The number of amides is 1. The van der Waals surface area contributed by atoms with Gasteiger partial charge < -0.3 is 20.8 Å². The summed E-state index contributed by atoms with van der Waals surface area (Å²) in [5, 5.41) is 3.28. The Bertz CT molecular complexity index is 1030. The molecule has 0 saturated heterocycles. The molecule has 0 aliphatic heterocycles. The number of hydrogen-bond acceptors (Lipinski definition) is 5. The molecule has 0 saturated carbocycles. The van der Waals surface area contributed by atoms with E-state index in [1.807, 2.05) is 19.1 Å². The Labute approximate surface area is 150 Å². The van der Waals surface area contributed by atoms with E-state index in [2.05, 4.69) is 15.3 Å². The Morgan fingerprint density at radius 3 is 2.85 bits per heavy atom. The topological polar surface area (TPSA) is 110 Å². The van der Waals surface area contributed by atoms with Gasteiger partial charge in [0, 0.05) is 35.5 Å². The van der Waals surface area contributed by atoms with Crippen LogP contribution in [0.2, 0.25) is 0 Å². The second-order valence-electron chi connectivity index (χ2n) is 5.80. The summed E-state index contributed by atoms with van der Waals surface area (Å²) in [5.74, 6) is 0.147. The van der Waals surface area contributed by atoms with Gasteiger partial charge in [-0.05, 0) is 12.5 Å². The van der Waals surface area contributed by atoms with Crippen molar-refractivity contribution in [2.45, 2.75) is 13.3 Å². The maximum atomic E-state index is 12.6. The number of nitrogens with zero attached hydrogens (tertiary/aromatic N) is 1. The van der Waals surface area contributed by atoms with Crippen LogP contribution in [0.25, 0.3) is 22.0 Å². The van der Waals surface area contributed by atoms with Crippen molar-refractivity contribution in [2.75, 3.05) is 19.4 Å². The van der Waals surface area contributed by atoms with Gasteiger partial charge >= 0.3 is 0 Å². The molecule has 0 unspecified atom stereocenters. The molecule has 7 nitrogen and oxygen atoms in total. The smallest absolute Gasteiger partial charge is 0.263 e. The first-order valence-electron chi connectivity index (χ1n) is 8.29. The molecule has 2 aromatic heterocycles. The molecule has 0 bridgehead atoms. The van der Waals surface area contributed by atoms with Gasteiger partial charge in [0.2, 0.25) is 0 Å². The average Bonchev–Trinajstić information content (AvgIpc) is 2.66. The number of H-pyrrole nitrogens is 1. The highest BCUT2D eigenvalue weighted by atomic mass is 16.5. The molecule has 3 rings (SSSR count). The standard InChI is InChI=1S/C19H20N4O3/c1-3-8-22-18(24)15-16(20)12-6-4-5-11(17(12)23-19(15)25)13-10-21-9-7-14(13)26-2/h4-7,9-10H,3,8H2,1-2H3,(H,22,24)(H3,20,23,25). The van der Waals surface area contributed by atoms with E-state index in [-0.39, 0.29) is 11.3 Å². The van der Waals surface area contributed by atoms with Gasteiger partial charge in [-0.2, -0.15) is 0 Å². The Balaban J connectivity index is 2.24. The number of carbonyl (C=O) groups is 1. The molecule has 0 radical (unpaired) electrons. The fourth-order valence-corrected chi connectivity index (χ4v) is 2.88. The third-order valence-corrected chi connectivity index (χ3v) is 4.14. The number of rotatable bonds is 5. The van der Waals surface area contributed by atoms with Gasteiger partial charge in [-0.3, -0.25) is 14.6 Å². The lowest BCUT2D eigenvalue weighted by Gasteiger charge is -2.13. The van der Waals surface area contributed by atoms with Crippen molar-refractivity contribution in [1.82, 2.24) is 15.3 Å². The van der Waals surface area contributed by atoms with Gasteiger partial charge in [-0.15, -0.1) is 0 Å². The number of para-hydroxylation sites is 1. The molecule has 0 aliphatic carbocycles. The highest BCUT2D eigenvalue weighted by Crippen LogP contribution is 2.34. The number of ether oxygens (including phenoxy) is 1. The molecule has 0 atom stereocenters. The quantitative estimate of drug-likeness (QED) is 0.653. The van der Waals surface area contributed by atoms with Crippen molar-refractivity contribution in [2.24, 2.45) is 0 Å². The van der Waals surface area contributed by atoms with E-state index in [4.69, 9.17) is 10.5 Å². The molecular weight excluding hydrogens is 332 g/mol. The summed E-state index contributed by atoms with van der Waals surface area (Å²) >= 11 is 0. The Morgan fingerprint density at radius 1 is 1.31 bits per heavy atom. The number of pyridine rings is 2. The van der Waals surface area contributed by atoms with Crippen LogP contribution in [0.3, 0.4) is 0 Å². The minimum absolute atomic E-state index is 0.0683. The third-order valence-electron chi connectivity index (χ3n) is 4.14. The van der Waals surface area contributed by atoms with E-state index in [0.29, 0.717) is 23.2 Å². The summed E-state index contributed by atoms with van der Waals surface area (Å²) in [4.78, 5) is 31.8. The number of hydrogen-bond donors (Lipinski definition) is 3. The van der Waals surface area contributed by atoms with Crippen LogP contribution in [0.5, 0.6) is 5.75 Å². The first-order valence-corrected chi connectivity index (χ1v) is 8.29. The molecule has 3 aromatic rings. The summed E-state index contributed by atoms with van der Waals surface area (Å²) in [5.41, 5.74) is 7.72. The number of nitrogen functional groups attached to an aromatic ring is 1. The number of benzene rings is 1. The first-order chi connectivity index (χ1) is 12.6. The van der Waals surface area contributed by atoms with Gasteiger partial charge in [0.05, 0.1) is 18.3 Å². The minimum atomic E-state index is -0.529. The summed E-state index contributed by atoms with van der Waals surface area (Å²) in [6.07, 6.45) is 4.05. The average molecular weight is 352 g/mol. The van der Waals surface area contributed by atoms with Crippen LogP contribution >= 0.6 is 0 Å². The lowest BCUT2D eigenvalue weighted by Crippen LogP contribution is -2.31. The van der Waals surface area contributed by atoms with E-state index in [1.165, 1.54) is 0 Å². The van der Waals surface area contributed by atoms with E-state index in [9.17, 15) is 9.59 Å². The molecule has 1 amide bonds. The second kappa shape index (κ2) is 7.26. The van der Waals surface area contributed by atoms with Crippen molar-refractivity contribution < 1.29 is 9.53 Å². The van der Waals surface area contributed by atoms with Gasteiger partial charge in [0.25, 0.3) is 11.5 Å². The normalized spacial score (nSPS) is 10.7. The van der Waals surface area contributed by atoms with Gasteiger partial charge in [-0.1, -0.05) is 25.1 Å². The number of aromatic nitrogens is 2. The number of fused-ring (bicyclic) bond motifs is 1. The molecule has 4 N–H and O–H groups in total. The fraction of sp³-hybridized carbons (Fsp3) is 0.211. The monoisotopic (exact) mass is 352 g/mol. The summed E-state index contributed by atoms with van der Waals surface area (Å²) in [6, 6.07) is 7.16.